The predicted molar refractivity (Wildman–Crippen MR) is 88.7 cm³/mol. The number of halogens is 6. The maximum Gasteiger partial charge on any atom is 0.430 e. The molecule has 0 aliphatic rings. The summed E-state index contributed by atoms with van der Waals surface area (Å²) in [5.41, 5.74) is -5.65. The average Bonchev–Trinajstić information content (AvgIpc) is 2.43. The summed E-state index contributed by atoms with van der Waals surface area (Å²) in [6.07, 6.45) is -10.1. The zero-order chi connectivity index (χ0) is 20.6. The molecule has 0 spiro atoms. The van der Waals surface area contributed by atoms with Gasteiger partial charge in [0.05, 0.1) is 0 Å². The van der Waals surface area contributed by atoms with Crippen molar-refractivity contribution in [1.29, 1.82) is 0 Å². The minimum absolute atomic E-state index is 0.0242. The van der Waals surface area contributed by atoms with Crippen LogP contribution in [0.5, 0.6) is 0 Å². The zero-order valence-electron chi connectivity index (χ0n) is 15.6. The second kappa shape index (κ2) is 7.41. The smallest absolute Gasteiger partial charge is 0.369 e. The maximum atomic E-state index is 13.0. The summed E-state index contributed by atoms with van der Waals surface area (Å²) in [5.74, 6) is 0.406. The van der Waals surface area contributed by atoms with Crippen LogP contribution in [0.2, 0.25) is 0 Å². The highest BCUT2D eigenvalue weighted by molar-refractivity contribution is 5.32. The Balaban J connectivity index is 3.31. The normalized spacial score (nSPS) is 15.4. The molecule has 1 aromatic carbocycles. The van der Waals surface area contributed by atoms with Crippen molar-refractivity contribution >= 4 is 0 Å². The summed E-state index contributed by atoms with van der Waals surface area (Å²) in [4.78, 5) is 0. The van der Waals surface area contributed by atoms with E-state index in [1.54, 1.807) is 0 Å². The SMILES string of the molecule is CC(C)CCC(c1ccc(C(O)(C(F)(F)F)C(F)(F)F)cc1)C(C)(C)C. The Morgan fingerprint density at radius 1 is 0.808 bits per heavy atom. The van der Waals surface area contributed by atoms with Gasteiger partial charge in [-0.15, -0.1) is 0 Å². The number of aliphatic hydroxyl groups is 1. The predicted octanol–water partition coefficient (Wildman–Crippen LogP) is 6.56. The topological polar surface area (TPSA) is 20.2 Å². The monoisotopic (exact) mass is 384 g/mol. The highest BCUT2D eigenvalue weighted by atomic mass is 19.4. The van der Waals surface area contributed by atoms with Gasteiger partial charge in [-0.3, -0.25) is 0 Å². The fourth-order valence-corrected chi connectivity index (χ4v) is 3.04. The van der Waals surface area contributed by atoms with E-state index in [9.17, 15) is 31.4 Å². The Labute approximate surface area is 150 Å². The van der Waals surface area contributed by atoms with E-state index in [1.807, 2.05) is 20.8 Å². The van der Waals surface area contributed by atoms with Crippen LogP contribution in [0, 0.1) is 11.3 Å². The first kappa shape index (κ1) is 22.8. The van der Waals surface area contributed by atoms with E-state index >= 15 is 0 Å². The Hall–Kier alpha value is -1.24. The molecule has 1 N–H and O–H groups in total. The van der Waals surface area contributed by atoms with Gasteiger partial charge in [-0.1, -0.05) is 65.3 Å². The molecule has 0 aliphatic carbocycles. The van der Waals surface area contributed by atoms with Crippen molar-refractivity contribution < 1.29 is 31.4 Å². The van der Waals surface area contributed by atoms with Gasteiger partial charge < -0.3 is 5.11 Å². The second-order valence-corrected chi connectivity index (χ2v) is 8.22. The van der Waals surface area contributed by atoms with E-state index in [1.165, 1.54) is 12.1 Å². The molecule has 0 fully saturated rings. The van der Waals surface area contributed by atoms with Crippen LogP contribution in [0.3, 0.4) is 0 Å². The molecule has 0 heterocycles. The molecule has 0 saturated carbocycles. The Morgan fingerprint density at radius 2 is 1.23 bits per heavy atom. The third-order valence-electron chi connectivity index (χ3n) is 4.63. The molecular formula is C19H26F6O. The Bertz CT molecular complexity index is 564. The van der Waals surface area contributed by atoms with E-state index in [-0.39, 0.29) is 11.3 Å². The van der Waals surface area contributed by atoms with Gasteiger partial charge >= 0.3 is 12.4 Å². The molecule has 26 heavy (non-hydrogen) atoms. The largest absolute Gasteiger partial charge is 0.430 e. The van der Waals surface area contributed by atoms with Gasteiger partial charge in [0.2, 0.25) is 0 Å². The summed E-state index contributed by atoms with van der Waals surface area (Å²) in [5, 5.41) is 9.47. The molecule has 0 bridgehead atoms. The van der Waals surface area contributed by atoms with Gasteiger partial charge in [0.1, 0.15) is 0 Å². The first-order valence-electron chi connectivity index (χ1n) is 8.48. The van der Waals surface area contributed by atoms with Crippen molar-refractivity contribution in [3.05, 3.63) is 35.4 Å². The van der Waals surface area contributed by atoms with Crippen molar-refractivity contribution in [1.82, 2.24) is 0 Å². The number of rotatable bonds is 5. The quantitative estimate of drug-likeness (QED) is 0.570. The molecule has 1 unspecified atom stereocenters. The summed E-state index contributed by atoms with van der Waals surface area (Å²) < 4.78 is 77.8. The lowest BCUT2D eigenvalue weighted by Gasteiger charge is -2.34. The van der Waals surface area contributed by atoms with Crippen molar-refractivity contribution in [2.24, 2.45) is 11.3 Å². The minimum Gasteiger partial charge on any atom is -0.369 e. The van der Waals surface area contributed by atoms with Crippen LogP contribution in [0.15, 0.2) is 24.3 Å². The third-order valence-corrected chi connectivity index (χ3v) is 4.63. The fourth-order valence-electron chi connectivity index (χ4n) is 3.04. The molecular weight excluding hydrogens is 358 g/mol. The van der Waals surface area contributed by atoms with Crippen LogP contribution in [-0.2, 0) is 5.60 Å². The minimum atomic E-state index is -5.87. The molecule has 1 rings (SSSR count). The Morgan fingerprint density at radius 3 is 1.54 bits per heavy atom. The summed E-state index contributed by atoms with van der Waals surface area (Å²) in [6.45, 7) is 10.0. The lowest BCUT2D eigenvalue weighted by molar-refractivity contribution is -0.376. The fraction of sp³-hybridized carbons (Fsp3) is 0.684. The van der Waals surface area contributed by atoms with Crippen molar-refractivity contribution in [3.63, 3.8) is 0 Å². The zero-order valence-corrected chi connectivity index (χ0v) is 15.6. The van der Waals surface area contributed by atoms with E-state index in [2.05, 4.69) is 13.8 Å². The number of alkyl halides is 6. The number of hydrogen-bond acceptors (Lipinski definition) is 1. The molecule has 1 atom stereocenters. The van der Waals surface area contributed by atoms with Crippen LogP contribution in [0.4, 0.5) is 26.3 Å². The summed E-state index contributed by atoms with van der Waals surface area (Å²) in [6, 6.07) is 3.97. The maximum absolute atomic E-state index is 13.0. The summed E-state index contributed by atoms with van der Waals surface area (Å²) in [7, 11) is 0. The highest BCUT2D eigenvalue weighted by Gasteiger charge is 2.71. The van der Waals surface area contributed by atoms with E-state index < -0.39 is 23.5 Å². The van der Waals surface area contributed by atoms with Crippen LogP contribution >= 0.6 is 0 Å². The van der Waals surface area contributed by atoms with Gasteiger partial charge in [-0.25, -0.2) is 0 Å². The van der Waals surface area contributed by atoms with E-state index in [0.29, 0.717) is 11.5 Å². The van der Waals surface area contributed by atoms with Crippen LogP contribution in [0.1, 0.15) is 64.5 Å². The number of hydrogen-bond donors (Lipinski definition) is 1. The lowest BCUT2D eigenvalue weighted by Crippen LogP contribution is -2.53. The molecule has 7 heteroatoms. The van der Waals surface area contributed by atoms with Gasteiger partial charge in [-0.2, -0.15) is 26.3 Å². The van der Waals surface area contributed by atoms with Crippen molar-refractivity contribution in [3.8, 4) is 0 Å². The Kier molecular flexibility index (Phi) is 6.50. The standard InChI is InChI=1S/C19H26F6O/c1-12(2)6-11-15(16(3,4)5)13-7-9-14(10-8-13)17(26,18(20,21)22)19(23,24)25/h7-10,12,15,26H,6,11H2,1-5H3. The van der Waals surface area contributed by atoms with Gasteiger partial charge in [0, 0.05) is 5.56 Å². The molecule has 0 aliphatic heterocycles. The lowest BCUT2D eigenvalue weighted by atomic mass is 9.73. The first-order valence-corrected chi connectivity index (χ1v) is 8.48. The first-order chi connectivity index (χ1) is 11.5. The molecule has 150 valence electrons. The van der Waals surface area contributed by atoms with E-state index in [0.717, 1.165) is 25.0 Å². The third kappa shape index (κ3) is 4.72. The van der Waals surface area contributed by atoms with Crippen LogP contribution < -0.4 is 0 Å². The summed E-state index contributed by atoms with van der Waals surface area (Å²) >= 11 is 0. The highest BCUT2D eigenvalue weighted by Crippen LogP contribution is 2.50. The van der Waals surface area contributed by atoms with Crippen molar-refractivity contribution in [2.45, 2.75) is 71.3 Å². The molecule has 0 radical (unpaired) electrons. The van der Waals surface area contributed by atoms with Crippen molar-refractivity contribution in [2.75, 3.05) is 0 Å². The average molecular weight is 384 g/mol. The van der Waals surface area contributed by atoms with Gasteiger partial charge in [-0.05, 0) is 29.2 Å². The second-order valence-electron chi connectivity index (χ2n) is 8.22. The van der Waals surface area contributed by atoms with Crippen LogP contribution in [-0.4, -0.2) is 17.5 Å². The molecule has 0 amide bonds. The molecule has 0 saturated heterocycles. The molecule has 1 aromatic rings. The van der Waals surface area contributed by atoms with Gasteiger partial charge in [0.25, 0.3) is 5.60 Å². The van der Waals surface area contributed by atoms with Crippen LogP contribution in [0.25, 0.3) is 0 Å². The van der Waals surface area contributed by atoms with E-state index in [4.69, 9.17) is 0 Å². The molecule has 1 nitrogen and oxygen atoms in total. The van der Waals surface area contributed by atoms with Gasteiger partial charge in [0.15, 0.2) is 0 Å². The number of benzene rings is 1. The molecule has 0 aromatic heterocycles.